The average Bonchev–Trinajstić information content (AvgIpc) is 2.30. The molecule has 0 bridgehead atoms. The van der Waals surface area contributed by atoms with Gasteiger partial charge >= 0.3 is 0 Å². The van der Waals surface area contributed by atoms with E-state index in [0.717, 1.165) is 25.3 Å². The summed E-state index contributed by atoms with van der Waals surface area (Å²) in [6, 6.07) is 0.178. The molecule has 17 heavy (non-hydrogen) atoms. The van der Waals surface area contributed by atoms with E-state index in [1.54, 1.807) is 0 Å². The molecule has 0 amide bonds. The van der Waals surface area contributed by atoms with Gasteiger partial charge in [0.05, 0.1) is 5.75 Å². The highest BCUT2D eigenvalue weighted by Crippen LogP contribution is 2.26. The lowest BCUT2D eigenvalue weighted by Crippen LogP contribution is -2.39. The molecule has 0 heterocycles. The van der Waals surface area contributed by atoms with Crippen LogP contribution in [-0.2, 0) is 10.0 Å². The minimum atomic E-state index is -3.07. The molecule has 1 rings (SSSR count). The second kappa shape index (κ2) is 7.34. The fourth-order valence-corrected chi connectivity index (χ4v) is 3.83. The Morgan fingerprint density at radius 1 is 1.18 bits per heavy atom. The molecule has 1 saturated carbocycles. The van der Waals surface area contributed by atoms with Gasteiger partial charge in [-0.1, -0.05) is 13.3 Å². The van der Waals surface area contributed by atoms with Gasteiger partial charge in [-0.25, -0.2) is 13.1 Å². The monoisotopic (exact) mass is 262 g/mol. The van der Waals surface area contributed by atoms with E-state index >= 15 is 0 Å². The molecule has 0 aromatic heterocycles. The van der Waals surface area contributed by atoms with Gasteiger partial charge in [-0.05, 0) is 51.6 Å². The third-order valence-electron chi connectivity index (χ3n) is 3.61. The molecule has 1 aliphatic carbocycles. The fraction of sp³-hybridized carbons (Fsp3) is 1.00. The number of rotatable bonds is 7. The molecule has 0 atom stereocenters. The Labute approximate surface area is 106 Å². The molecule has 4 nitrogen and oxygen atoms in total. The maximum atomic E-state index is 11.8. The number of sulfonamides is 1. The first-order chi connectivity index (χ1) is 8.07. The van der Waals surface area contributed by atoms with Crippen LogP contribution in [0.1, 0.15) is 45.4 Å². The van der Waals surface area contributed by atoms with Crippen molar-refractivity contribution < 1.29 is 8.42 Å². The molecule has 0 spiro atoms. The third kappa shape index (κ3) is 5.84. The van der Waals surface area contributed by atoms with E-state index < -0.39 is 10.0 Å². The normalized spacial score (nSPS) is 26.0. The van der Waals surface area contributed by atoms with E-state index in [0.29, 0.717) is 6.42 Å². The number of hydrogen-bond acceptors (Lipinski definition) is 3. The van der Waals surface area contributed by atoms with Crippen molar-refractivity contribution in [2.24, 2.45) is 5.92 Å². The lowest BCUT2D eigenvalue weighted by Gasteiger charge is -2.28. The Kier molecular flexibility index (Phi) is 6.44. The molecule has 0 unspecified atom stereocenters. The first kappa shape index (κ1) is 14.9. The van der Waals surface area contributed by atoms with Gasteiger partial charge in [-0.2, -0.15) is 0 Å². The molecule has 0 saturated heterocycles. The molecule has 2 N–H and O–H groups in total. The molecular formula is C12H26N2O2S. The Balaban J connectivity index is 2.28. The lowest BCUT2D eigenvalue weighted by atomic mass is 9.85. The molecule has 0 aliphatic heterocycles. The zero-order valence-corrected chi connectivity index (χ0v) is 11.9. The van der Waals surface area contributed by atoms with Crippen molar-refractivity contribution >= 4 is 10.0 Å². The Bertz CT molecular complexity index is 296. The summed E-state index contributed by atoms with van der Waals surface area (Å²) in [5.41, 5.74) is 0. The fourth-order valence-electron chi connectivity index (χ4n) is 2.44. The quantitative estimate of drug-likeness (QED) is 0.683. The third-order valence-corrected chi connectivity index (χ3v) is 5.13. The van der Waals surface area contributed by atoms with Crippen molar-refractivity contribution in [3.05, 3.63) is 0 Å². The van der Waals surface area contributed by atoms with E-state index in [2.05, 4.69) is 17.0 Å². The van der Waals surface area contributed by atoms with E-state index in [4.69, 9.17) is 0 Å². The van der Waals surface area contributed by atoms with Gasteiger partial charge in [0.1, 0.15) is 0 Å². The molecule has 0 aromatic rings. The van der Waals surface area contributed by atoms with E-state index in [1.807, 2.05) is 7.05 Å². The summed E-state index contributed by atoms with van der Waals surface area (Å²) in [7, 11) is -1.23. The first-order valence-electron chi connectivity index (χ1n) is 6.72. The molecule has 1 fully saturated rings. The highest BCUT2D eigenvalue weighted by molar-refractivity contribution is 7.89. The highest BCUT2D eigenvalue weighted by atomic mass is 32.2. The minimum Gasteiger partial charge on any atom is -0.320 e. The van der Waals surface area contributed by atoms with Crippen molar-refractivity contribution in [3.8, 4) is 0 Å². The van der Waals surface area contributed by atoms with Crippen molar-refractivity contribution in [2.45, 2.75) is 51.5 Å². The minimum absolute atomic E-state index is 0.178. The standard InChI is InChI=1S/C12H26N2O2S/c1-3-11-5-7-12(8-6-11)14-17(15,16)10-4-9-13-2/h11-14H,3-10H2,1-2H3. The molecule has 102 valence electrons. The number of nitrogens with one attached hydrogen (secondary N) is 2. The smallest absolute Gasteiger partial charge is 0.211 e. The Morgan fingerprint density at radius 2 is 1.82 bits per heavy atom. The van der Waals surface area contributed by atoms with Crippen LogP contribution in [0.3, 0.4) is 0 Å². The van der Waals surface area contributed by atoms with E-state index in [-0.39, 0.29) is 11.8 Å². The molecule has 0 aromatic carbocycles. The molecule has 5 heteroatoms. The second-order valence-corrected chi connectivity index (χ2v) is 6.89. The largest absolute Gasteiger partial charge is 0.320 e. The van der Waals surface area contributed by atoms with Crippen molar-refractivity contribution in [1.82, 2.24) is 10.0 Å². The summed E-state index contributed by atoms with van der Waals surface area (Å²) in [5, 5.41) is 2.97. The summed E-state index contributed by atoms with van der Waals surface area (Å²) in [6.07, 6.45) is 6.24. The van der Waals surface area contributed by atoms with Crippen molar-refractivity contribution in [2.75, 3.05) is 19.3 Å². The van der Waals surface area contributed by atoms with Crippen molar-refractivity contribution in [1.29, 1.82) is 0 Å². The van der Waals surface area contributed by atoms with Crippen LogP contribution < -0.4 is 10.0 Å². The van der Waals surface area contributed by atoms with Crippen LogP contribution in [0, 0.1) is 5.92 Å². The topological polar surface area (TPSA) is 58.2 Å². The average molecular weight is 262 g/mol. The van der Waals surface area contributed by atoms with Crippen LogP contribution >= 0.6 is 0 Å². The predicted octanol–water partition coefficient (Wildman–Crippen LogP) is 1.48. The van der Waals surface area contributed by atoms with Crippen LogP contribution in [0.15, 0.2) is 0 Å². The van der Waals surface area contributed by atoms with Crippen LogP contribution in [0.2, 0.25) is 0 Å². The molecule has 0 radical (unpaired) electrons. The van der Waals surface area contributed by atoms with Gasteiger partial charge < -0.3 is 5.32 Å². The molecule has 1 aliphatic rings. The van der Waals surface area contributed by atoms with Gasteiger partial charge in [0, 0.05) is 6.04 Å². The van der Waals surface area contributed by atoms with Gasteiger partial charge in [-0.3, -0.25) is 0 Å². The van der Waals surface area contributed by atoms with Gasteiger partial charge in [0.15, 0.2) is 0 Å². The number of hydrogen-bond donors (Lipinski definition) is 2. The summed E-state index contributed by atoms with van der Waals surface area (Å²) >= 11 is 0. The first-order valence-corrected chi connectivity index (χ1v) is 8.37. The van der Waals surface area contributed by atoms with Crippen molar-refractivity contribution in [3.63, 3.8) is 0 Å². The van der Waals surface area contributed by atoms with E-state index in [1.165, 1.54) is 19.3 Å². The maximum absolute atomic E-state index is 11.8. The Hall–Kier alpha value is -0.130. The summed E-state index contributed by atoms with van der Waals surface area (Å²) in [5.74, 6) is 1.04. The van der Waals surface area contributed by atoms with Gasteiger partial charge in [0.25, 0.3) is 0 Å². The lowest BCUT2D eigenvalue weighted by molar-refractivity contribution is 0.306. The molecular weight excluding hydrogens is 236 g/mol. The zero-order chi connectivity index (χ0) is 12.7. The zero-order valence-electron chi connectivity index (χ0n) is 11.0. The van der Waals surface area contributed by atoms with E-state index in [9.17, 15) is 8.42 Å². The second-order valence-electron chi connectivity index (χ2n) is 5.02. The SMILES string of the molecule is CCC1CCC(NS(=O)(=O)CCCNC)CC1. The van der Waals surface area contributed by atoms with Crippen LogP contribution in [0.4, 0.5) is 0 Å². The highest BCUT2D eigenvalue weighted by Gasteiger charge is 2.23. The Morgan fingerprint density at radius 3 is 2.35 bits per heavy atom. The summed E-state index contributed by atoms with van der Waals surface area (Å²) < 4.78 is 26.4. The van der Waals surface area contributed by atoms with Crippen LogP contribution in [0.5, 0.6) is 0 Å². The van der Waals surface area contributed by atoms with Gasteiger partial charge in [0.2, 0.25) is 10.0 Å². The maximum Gasteiger partial charge on any atom is 0.211 e. The predicted molar refractivity (Wildman–Crippen MR) is 71.5 cm³/mol. The van der Waals surface area contributed by atoms with Crippen LogP contribution in [-0.4, -0.2) is 33.8 Å². The van der Waals surface area contributed by atoms with Gasteiger partial charge in [-0.15, -0.1) is 0 Å². The summed E-state index contributed by atoms with van der Waals surface area (Å²) in [6.45, 7) is 2.97. The van der Waals surface area contributed by atoms with Crippen LogP contribution in [0.25, 0.3) is 0 Å². The summed E-state index contributed by atoms with van der Waals surface area (Å²) in [4.78, 5) is 0.